The number of carbonyl (C=O) groups is 2. The third kappa shape index (κ3) is 1.98. The van der Waals surface area contributed by atoms with Gasteiger partial charge in [0.05, 0.1) is 6.10 Å². The van der Waals surface area contributed by atoms with Gasteiger partial charge < -0.3 is 15.1 Å². The van der Waals surface area contributed by atoms with Crippen LogP contribution >= 0.6 is 0 Å². The van der Waals surface area contributed by atoms with E-state index >= 15 is 0 Å². The standard InChI is InChI=1S/C8H13NO4/c1-2-7(11)9-4-5(10)3-6(9)8(12)13/h5-6,10H,2-4H2,1H3,(H,12,13). The van der Waals surface area contributed by atoms with Gasteiger partial charge in [-0.25, -0.2) is 4.79 Å². The Kier molecular flexibility index (Phi) is 2.87. The minimum atomic E-state index is -1.04. The number of nitrogens with zero attached hydrogens (tertiary/aromatic N) is 1. The van der Waals surface area contributed by atoms with Gasteiger partial charge >= 0.3 is 5.97 Å². The Labute approximate surface area is 76.0 Å². The summed E-state index contributed by atoms with van der Waals surface area (Å²) in [4.78, 5) is 23.1. The quantitative estimate of drug-likeness (QED) is 0.607. The molecule has 0 spiro atoms. The van der Waals surface area contributed by atoms with Crippen LogP contribution in [0.2, 0.25) is 0 Å². The molecular formula is C8H13NO4. The molecule has 5 nitrogen and oxygen atoms in total. The average molecular weight is 187 g/mol. The Balaban J connectivity index is 2.71. The van der Waals surface area contributed by atoms with Crippen molar-refractivity contribution in [2.45, 2.75) is 31.9 Å². The number of rotatable bonds is 2. The van der Waals surface area contributed by atoms with Gasteiger partial charge in [-0.05, 0) is 0 Å². The predicted molar refractivity (Wildman–Crippen MR) is 44.1 cm³/mol. The van der Waals surface area contributed by atoms with Crippen LogP contribution in [-0.2, 0) is 9.59 Å². The van der Waals surface area contributed by atoms with Crippen molar-refractivity contribution in [1.82, 2.24) is 4.90 Å². The van der Waals surface area contributed by atoms with Crippen molar-refractivity contribution in [3.05, 3.63) is 0 Å². The normalized spacial score (nSPS) is 27.7. The number of carboxylic acids is 1. The second-order valence-corrected chi connectivity index (χ2v) is 3.14. The summed E-state index contributed by atoms with van der Waals surface area (Å²) in [5.41, 5.74) is 0. The fourth-order valence-electron chi connectivity index (χ4n) is 1.53. The van der Waals surface area contributed by atoms with E-state index in [9.17, 15) is 14.7 Å². The highest BCUT2D eigenvalue weighted by Crippen LogP contribution is 2.18. The summed E-state index contributed by atoms with van der Waals surface area (Å²) >= 11 is 0. The van der Waals surface area contributed by atoms with Crippen LogP contribution in [0.15, 0.2) is 0 Å². The molecule has 0 aromatic heterocycles. The lowest BCUT2D eigenvalue weighted by molar-refractivity contribution is -0.148. The lowest BCUT2D eigenvalue weighted by Crippen LogP contribution is -2.40. The highest BCUT2D eigenvalue weighted by atomic mass is 16.4. The summed E-state index contributed by atoms with van der Waals surface area (Å²) in [5, 5.41) is 17.9. The molecule has 5 heteroatoms. The van der Waals surface area contributed by atoms with E-state index in [1.807, 2.05) is 0 Å². The molecule has 1 heterocycles. The Bertz CT molecular complexity index is 228. The molecule has 1 fully saturated rings. The van der Waals surface area contributed by atoms with Gasteiger partial charge in [-0.1, -0.05) is 6.92 Å². The zero-order chi connectivity index (χ0) is 10.0. The first-order valence-electron chi connectivity index (χ1n) is 4.26. The van der Waals surface area contributed by atoms with E-state index in [0.717, 1.165) is 0 Å². The third-order valence-corrected chi connectivity index (χ3v) is 2.19. The van der Waals surface area contributed by atoms with Crippen LogP contribution in [0.4, 0.5) is 0 Å². The van der Waals surface area contributed by atoms with Crippen LogP contribution in [0.25, 0.3) is 0 Å². The van der Waals surface area contributed by atoms with Gasteiger partial charge in [0.25, 0.3) is 0 Å². The molecule has 74 valence electrons. The Morgan fingerprint density at radius 1 is 1.54 bits per heavy atom. The molecule has 2 N–H and O–H groups in total. The summed E-state index contributed by atoms with van der Waals surface area (Å²) in [7, 11) is 0. The van der Waals surface area contributed by atoms with E-state index in [0.29, 0.717) is 0 Å². The zero-order valence-electron chi connectivity index (χ0n) is 7.43. The van der Waals surface area contributed by atoms with E-state index < -0.39 is 18.1 Å². The van der Waals surface area contributed by atoms with Gasteiger partial charge in [0, 0.05) is 19.4 Å². The smallest absolute Gasteiger partial charge is 0.326 e. The van der Waals surface area contributed by atoms with Crippen LogP contribution < -0.4 is 0 Å². The molecule has 1 aliphatic heterocycles. The first-order valence-corrected chi connectivity index (χ1v) is 4.26. The van der Waals surface area contributed by atoms with Crippen LogP contribution in [0, 0.1) is 0 Å². The number of aliphatic carboxylic acids is 1. The Morgan fingerprint density at radius 3 is 2.62 bits per heavy atom. The molecule has 0 radical (unpaired) electrons. The zero-order valence-corrected chi connectivity index (χ0v) is 7.43. The number of carboxylic acid groups (broad SMARTS) is 1. The molecule has 1 aliphatic rings. The van der Waals surface area contributed by atoms with Gasteiger partial charge in [0.2, 0.25) is 5.91 Å². The lowest BCUT2D eigenvalue weighted by Gasteiger charge is -2.19. The minimum absolute atomic E-state index is 0.140. The highest BCUT2D eigenvalue weighted by Gasteiger charge is 2.37. The second kappa shape index (κ2) is 3.74. The number of hydrogen-bond acceptors (Lipinski definition) is 3. The molecule has 0 aliphatic carbocycles. The molecule has 0 saturated carbocycles. The van der Waals surface area contributed by atoms with Gasteiger partial charge in [-0.2, -0.15) is 0 Å². The summed E-state index contributed by atoms with van der Waals surface area (Å²) < 4.78 is 0. The molecule has 0 aromatic carbocycles. The Hall–Kier alpha value is -1.10. The van der Waals surface area contributed by atoms with Crippen LogP contribution in [-0.4, -0.2) is 45.7 Å². The average Bonchev–Trinajstić information content (AvgIpc) is 2.46. The molecule has 1 saturated heterocycles. The van der Waals surface area contributed by atoms with Crippen molar-refractivity contribution in [2.75, 3.05) is 6.54 Å². The maximum absolute atomic E-state index is 11.2. The van der Waals surface area contributed by atoms with Crippen molar-refractivity contribution in [3.63, 3.8) is 0 Å². The third-order valence-electron chi connectivity index (χ3n) is 2.19. The topological polar surface area (TPSA) is 77.8 Å². The first-order chi connectivity index (χ1) is 6.06. The van der Waals surface area contributed by atoms with Crippen molar-refractivity contribution in [2.24, 2.45) is 0 Å². The number of aliphatic hydroxyl groups is 1. The SMILES string of the molecule is CCC(=O)N1CC(O)CC1C(=O)O. The molecule has 0 aromatic rings. The molecule has 1 amide bonds. The van der Waals surface area contributed by atoms with Crippen molar-refractivity contribution < 1.29 is 19.8 Å². The van der Waals surface area contributed by atoms with E-state index in [1.165, 1.54) is 4.90 Å². The largest absolute Gasteiger partial charge is 0.480 e. The second-order valence-electron chi connectivity index (χ2n) is 3.14. The number of carbonyl (C=O) groups excluding carboxylic acids is 1. The molecule has 0 bridgehead atoms. The minimum Gasteiger partial charge on any atom is -0.480 e. The van der Waals surface area contributed by atoms with Crippen LogP contribution in [0.3, 0.4) is 0 Å². The predicted octanol–water partition coefficient (Wildman–Crippen LogP) is -0.557. The Morgan fingerprint density at radius 2 is 2.15 bits per heavy atom. The van der Waals surface area contributed by atoms with Gasteiger partial charge in [-0.15, -0.1) is 0 Å². The van der Waals surface area contributed by atoms with Crippen molar-refractivity contribution in [1.29, 1.82) is 0 Å². The van der Waals surface area contributed by atoms with Crippen LogP contribution in [0.1, 0.15) is 19.8 Å². The van der Waals surface area contributed by atoms with E-state index in [4.69, 9.17) is 5.11 Å². The number of aliphatic hydroxyl groups excluding tert-OH is 1. The van der Waals surface area contributed by atoms with Crippen LogP contribution in [0.5, 0.6) is 0 Å². The summed E-state index contributed by atoms with van der Waals surface area (Å²) in [6.45, 7) is 1.82. The molecule has 13 heavy (non-hydrogen) atoms. The van der Waals surface area contributed by atoms with Crippen molar-refractivity contribution >= 4 is 11.9 Å². The summed E-state index contributed by atoms with van der Waals surface area (Å²) in [5.74, 6) is -1.26. The van der Waals surface area contributed by atoms with Gasteiger partial charge in [-0.3, -0.25) is 4.79 Å². The molecular weight excluding hydrogens is 174 g/mol. The highest BCUT2D eigenvalue weighted by molar-refractivity contribution is 5.84. The number of hydrogen-bond donors (Lipinski definition) is 2. The molecule has 1 rings (SSSR count). The fourth-order valence-corrected chi connectivity index (χ4v) is 1.53. The van der Waals surface area contributed by atoms with E-state index in [2.05, 4.69) is 0 Å². The first kappa shape index (κ1) is 9.98. The monoisotopic (exact) mass is 187 g/mol. The van der Waals surface area contributed by atoms with E-state index in [1.54, 1.807) is 6.92 Å². The number of amides is 1. The molecule has 2 atom stereocenters. The summed E-state index contributed by atoms with van der Waals surface area (Å²) in [6, 6.07) is -0.845. The van der Waals surface area contributed by atoms with Gasteiger partial charge in [0.15, 0.2) is 0 Å². The fraction of sp³-hybridized carbons (Fsp3) is 0.750. The lowest BCUT2D eigenvalue weighted by atomic mass is 10.2. The number of β-amino-alcohol motifs (C(OH)–C–C–N with tert-alkyl or cyclic N) is 1. The van der Waals surface area contributed by atoms with E-state index in [-0.39, 0.29) is 25.3 Å². The van der Waals surface area contributed by atoms with Gasteiger partial charge in [0.1, 0.15) is 6.04 Å². The maximum Gasteiger partial charge on any atom is 0.326 e. The summed E-state index contributed by atoms with van der Waals surface area (Å²) in [6.07, 6.45) is -0.283. The number of likely N-dealkylation sites (tertiary alicyclic amines) is 1. The van der Waals surface area contributed by atoms with Crippen molar-refractivity contribution in [3.8, 4) is 0 Å². The maximum atomic E-state index is 11.2. The molecule has 2 unspecified atom stereocenters.